The van der Waals surface area contributed by atoms with Gasteiger partial charge in [0.1, 0.15) is 0 Å². The maximum absolute atomic E-state index is 12.2. The normalized spacial score (nSPS) is 11.6. The van der Waals surface area contributed by atoms with Gasteiger partial charge in [-0.2, -0.15) is 0 Å². The molecule has 2 aromatic rings. The zero-order valence-electron chi connectivity index (χ0n) is 10.7. The molecule has 0 saturated carbocycles. The van der Waals surface area contributed by atoms with Crippen molar-refractivity contribution in [1.82, 2.24) is 4.72 Å². The van der Waals surface area contributed by atoms with Crippen LogP contribution >= 0.6 is 27.5 Å². The zero-order chi connectivity index (χ0) is 14.8. The van der Waals surface area contributed by atoms with Crippen LogP contribution in [-0.4, -0.2) is 8.42 Å². The molecule has 0 bridgehead atoms. The van der Waals surface area contributed by atoms with Gasteiger partial charge in [-0.15, -0.1) is 0 Å². The molecular formula is C14H13BrClNO2S. The topological polar surface area (TPSA) is 46.2 Å². The van der Waals surface area contributed by atoms with Crippen LogP contribution in [0.25, 0.3) is 0 Å². The number of benzene rings is 2. The summed E-state index contributed by atoms with van der Waals surface area (Å²) in [5, 5.41) is 0.589. The van der Waals surface area contributed by atoms with E-state index in [4.69, 9.17) is 11.6 Å². The molecule has 0 spiro atoms. The molecular weight excluding hydrogens is 362 g/mol. The lowest BCUT2D eigenvalue weighted by Gasteiger charge is -2.10. The third-order valence-electron chi connectivity index (χ3n) is 2.89. The first-order chi connectivity index (χ1) is 9.40. The molecule has 0 radical (unpaired) electrons. The summed E-state index contributed by atoms with van der Waals surface area (Å²) in [5.41, 5.74) is 1.84. The molecule has 2 rings (SSSR count). The molecule has 0 amide bonds. The Bertz CT molecular complexity index is 732. The van der Waals surface area contributed by atoms with Crippen LogP contribution in [0.4, 0.5) is 0 Å². The first kappa shape index (κ1) is 15.5. The van der Waals surface area contributed by atoms with E-state index < -0.39 is 10.0 Å². The van der Waals surface area contributed by atoms with Gasteiger partial charge in [-0.3, -0.25) is 0 Å². The van der Waals surface area contributed by atoms with E-state index in [9.17, 15) is 8.42 Å². The number of nitrogens with one attached hydrogen (secondary N) is 1. The van der Waals surface area contributed by atoms with Gasteiger partial charge in [-0.25, -0.2) is 13.1 Å². The minimum atomic E-state index is -3.56. The molecule has 6 heteroatoms. The molecule has 0 atom stereocenters. The predicted molar refractivity (Wildman–Crippen MR) is 84.4 cm³/mol. The molecule has 0 fully saturated rings. The second kappa shape index (κ2) is 6.26. The average Bonchev–Trinajstić information content (AvgIpc) is 2.40. The number of sulfonamides is 1. The van der Waals surface area contributed by atoms with Gasteiger partial charge in [0.05, 0.1) is 4.90 Å². The molecule has 2 aromatic carbocycles. The molecule has 0 aromatic heterocycles. The highest BCUT2D eigenvalue weighted by Gasteiger charge is 2.16. The molecule has 0 unspecified atom stereocenters. The molecule has 20 heavy (non-hydrogen) atoms. The van der Waals surface area contributed by atoms with Gasteiger partial charge < -0.3 is 0 Å². The first-order valence-corrected chi connectivity index (χ1v) is 8.55. The van der Waals surface area contributed by atoms with E-state index in [1.54, 1.807) is 36.4 Å². The smallest absolute Gasteiger partial charge is 0.207 e. The van der Waals surface area contributed by atoms with Gasteiger partial charge >= 0.3 is 0 Å². The Kier molecular flexibility index (Phi) is 4.86. The van der Waals surface area contributed by atoms with Crippen LogP contribution in [0.1, 0.15) is 11.1 Å². The number of rotatable bonds is 4. The van der Waals surface area contributed by atoms with Gasteiger partial charge in [-0.05, 0) is 58.2 Å². The summed E-state index contributed by atoms with van der Waals surface area (Å²) in [5.74, 6) is 0. The predicted octanol–water partition coefficient (Wildman–Crippen LogP) is 3.89. The third kappa shape index (κ3) is 3.61. The number of hydrogen-bond donors (Lipinski definition) is 1. The second-order valence-electron chi connectivity index (χ2n) is 4.33. The summed E-state index contributed by atoms with van der Waals surface area (Å²) in [6.07, 6.45) is 0. The largest absolute Gasteiger partial charge is 0.241 e. The van der Waals surface area contributed by atoms with E-state index in [-0.39, 0.29) is 11.4 Å². The van der Waals surface area contributed by atoms with E-state index >= 15 is 0 Å². The Morgan fingerprint density at radius 2 is 1.90 bits per heavy atom. The number of hydrogen-bond acceptors (Lipinski definition) is 2. The minimum absolute atomic E-state index is 0.204. The lowest BCUT2D eigenvalue weighted by molar-refractivity contribution is 0.580. The zero-order valence-corrected chi connectivity index (χ0v) is 13.9. The molecule has 0 heterocycles. The van der Waals surface area contributed by atoms with E-state index in [1.807, 2.05) is 13.0 Å². The molecule has 0 saturated heterocycles. The SMILES string of the molecule is Cc1ccc(Cl)cc1CNS(=O)(=O)c1ccccc1Br. The summed E-state index contributed by atoms with van der Waals surface area (Å²) >= 11 is 9.17. The van der Waals surface area contributed by atoms with Crippen molar-refractivity contribution in [2.24, 2.45) is 0 Å². The van der Waals surface area contributed by atoms with Crippen LogP contribution in [0.15, 0.2) is 51.8 Å². The van der Waals surface area contributed by atoms with Crippen LogP contribution in [0.5, 0.6) is 0 Å². The fourth-order valence-corrected chi connectivity index (χ4v) is 3.95. The average molecular weight is 375 g/mol. The highest BCUT2D eigenvalue weighted by Crippen LogP contribution is 2.22. The van der Waals surface area contributed by atoms with Crippen molar-refractivity contribution in [3.8, 4) is 0 Å². The van der Waals surface area contributed by atoms with Crippen molar-refractivity contribution in [3.05, 3.63) is 63.1 Å². The first-order valence-electron chi connectivity index (χ1n) is 5.89. The third-order valence-corrected chi connectivity index (χ3v) is 5.54. The van der Waals surface area contributed by atoms with E-state index in [1.165, 1.54) is 0 Å². The Morgan fingerprint density at radius 1 is 1.20 bits per heavy atom. The van der Waals surface area contributed by atoms with Crippen molar-refractivity contribution < 1.29 is 8.42 Å². The van der Waals surface area contributed by atoms with Crippen LogP contribution in [0, 0.1) is 6.92 Å². The summed E-state index contributed by atoms with van der Waals surface area (Å²) < 4.78 is 27.6. The van der Waals surface area contributed by atoms with Crippen LogP contribution < -0.4 is 4.72 Å². The molecule has 1 N–H and O–H groups in total. The lowest BCUT2D eigenvalue weighted by Crippen LogP contribution is -2.24. The van der Waals surface area contributed by atoms with E-state index in [2.05, 4.69) is 20.7 Å². The summed E-state index contributed by atoms with van der Waals surface area (Å²) in [7, 11) is -3.56. The van der Waals surface area contributed by atoms with Crippen molar-refractivity contribution >= 4 is 37.6 Å². The molecule has 3 nitrogen and oxygen atoms in total. The van der Waals surface area contributed by atoms with Gasteiger partial charge in [-0.1, -0.05) is 29.8 Å². The summed E-state index contributed by atoms with van der Waals surface area (Å²) in [6, 6.07) is 12.1. The molecule has 0 aliphatic rings. The fraction of sp³-hybridized carbons (Fsp3) is 0.143. The quantitative estimate of drug-likeness (QED) is 0.882. The Labute approximate surface area is 132 Å². The van der Waals surface area contributed by atoms with Gasteiger partial charge in [0, 0.05) is 16.0 Å². The van der Waals surface area contributed by atoms with Crippen molar-refractivity contribution in [1.29, 1.82) is 0 Å². The van der Waals surface area contributed by atoms with Gasteiger partial charge in [0.25, 0.3) is 0 Å². The van der Waals surface area contributed by atoms with Crippen molar-refractivity contribution in [2.45, 2.75) is 18.4 Å². The Morgan fingerprint density at radius 3 is 2.60 bits per heavy atom. The summed E-state index contributed by atoms with van der Waals surface area (Å²) in [4.78, 5) is 0.222. The van der Waals surface area contributed by atoms with Crippen LogP contribution in [0.3, 0.4) is 0 Å². The van der Waals surface area contributed by atoms with Gasteiger partial charge in [0.2, 0.25) is 10.0 Å². The van der Waals surface area contributed by atoms with Crippen molar-refractivity contribution in [2.75, 3.05) is 0 Å². The number of halogens is 2. The highest BCUT2D eigenvalue weighted by atomic mass is 79.9. The standard InChI is InChI=1S/C14H13BrClNO2S/c1-10-6-7-12(16)8-11(10)9-17-20(18,19)14-5-3-2-4-13(14)15/h2-8,17H,9H2,1H3. The lowest BCUT2D eigenvalue weighted by atomic mass is 10.1. The number of aryl methyl sites for hydroxylation is 1. The van der Waals surface area contributed by atoms with E-state index in [0.717, 1.165) is 11.1 Å². The van der Waals surface area contributed by atoms with E-state index in [0.29, 0.717) is 9.50 Å². The van der Waals surface area contributed by atoms with Crippen LogP contribution in [0.2, 0.25) is 5.02 Å². The molecule has 0 aliphatic carbocycles. The molecule has 0 aliphatic heterocycles. The van der Waals surface area contributed by atoms with Gasteiger partial charge in [0.15, 0.2) is 0 Å². The second-order valence-corrected chi connectivity index (χ2v) is 7.35. The monoisotopic (exact) mass is 373 g/mol. The molecule has 106 valence electrons. The maximum Gasteiger partial charge on any atom is 0.241 e. The van der Waals surface area contributed by atoms with Crippen molar-refractivity contribution in [3.63, 3.8) is 0 Å². The fourth-order valence-electron chi connectivity index (χ4n) is 1.74. The van der Waals surface area contributed by atoms with Crippen LogP contribution in [-0.2, 0) is 16.6 Å². The minimum Gasteiger partial charge on any atom is -0.207 e. The maximum atomic E-state index is 12.2. The summed E-state index contributed by atoms with van der Waals surface area (Å²) in [6.45, 7) is 2.12. The highest BCUT2D eigenvalue weighted by molar-refractivity contribution is 9.10. The Balaban J connectivity index is 2.22. The Hall–Kier alpha value is -0.880.